The molecule has 0 saturated carbocycles. The first-order valence-corrected chi connectivity index (χ1v) is 7.03. The fraction of sp³-hybridized carbons (Fsp3) is 1.00. The minimum Gasteiger partial charge on any atom is -0.381 e. The van der Waals surface area contributed by atoms with Gasteiger partial charge in [-0.2, -0.15) is 12.7 Å². The molecule has 2 aliphatic rings. The van der Waals surface area contributed by atoms with Gasteiger partial charge in [-0.15, -0.1) is 0 Å². The van der Waals surface area contributed by atoms with E-state index in [2.05, 4.69) is 4.72 Å². The molecule has 2 fully saturated rings. The van der Waals surface area contributed by atoms with Gasteiger partial charge in [-0.05, 0) is 12.3 Å². The second-order valence-corrected chi connectivity index (χ2v) is 5.85. The fourth-order valence-electron chi connectivity index (χ4n) is 1.85. The van der Waals surface area contributed by atoms with Crippen LogP contribution < -0.4 is 4.72 Å². The first kappa shape index (κ1) is 12.3. The lowest BCUT2D eigenvalue weighted by atomic mass is 10.1. The van der Waals surface area contributed by atoms with Crippen LogP contribution in [0.25, 0.3) is 0 Å². The van der Waals surface area contributed by atoms with Gasteiger partial charge in [0.1, 0.15) is 0 Å². The number of nitrogens with one attached hydrogen (secondary N) is 1. The fourth-order valence-corrected chi connectivity index (χ4v) is 3.10. The van der Waals surface area contributed by atoms with Crippen molar-refractivity contribution in [3.8, 4) is 0 Å². The van der Waals surface area contributed by atoms with Crippen LogP contribution in [0.15, 0.2) is 0 Å². The van der Waals surface area contributed by atoms with Gasteiger partial charge >= 0.3 is 0 Å². The van der Waals surface area contributed by atoms with Gasteiger partial charge in [0.05, 0.1) is 19.8 Å². The molecular weight excluding hydrogens is 232 g/mol. The number of morpholine rings is 1. The second-order valence-electron chi connectivity index (χ2n) is 4.09. The molecule has 0 aromatic heterocycles. The van der Waals surface area contributed by atoms with Gasteiger partial charge in [-0.3, -0.25) is 0 Å². The first-order chi connectivity index (χ1) is 7.68. The van der Waals surface area contributed by atoms with Gasteiger partial charge in [0.25, 0.3) is 10.2 Å². The normalized spacial score (nSPS) is 28.4. The van der Waals surface area contributed by atoms with E-state index < -0.39 is 10.2 Å². The Labute approximate surface area is 96.1 Å². The molecule has 0 aromatic carbocycles. The number of ether oxygens (including phenoxy) is 2. The van der Waals surface area contributed by atoms with Gasteiger partial charge in [-0.25, -0.2) is 4.72 Å². The Balaban J connectivity index is 1.81. The Hall–Kier alpha value is -0.210. The van der Waals surface area contributed by atoms with E-state index in [9.17, 15) is 8.42 Å². The highest BCUT2D eigenvalue weighted by Crippen LogP contribution is 2.12. The highest BCUT2D eigenvalue weighted by molar-refractivity contribution is 7.87. The first-order valence-electron chi connectivity index (χ1n) is 5.59. The van der Waals surface area contributed by atoms with E-state index in [1.807, 2.05) is 0 Å². The highest BCUT2D eigenvalue weighted by Gasteiger charge is 2.25. The third kappa shape index (κ3) is 3.14. The monoisotopic (exact) mass is 250 g/mol. The summed E-state index contributed by atoms with van der Waals surface area (Å²) in [6.45, 7) is 3.71. The maximum atomic E-state index is 11.9. The van der Waals surface area contributed by atoms with Crippen LogP contribution in [0, 0.1) is 5.92 Å². The zero-order chi connectivity index (χ0) is 11.4. The Kier molecular flexibility index (Phi) is 4.15. The van der Waals surface area contributed by atoms with Gasteiger partial charge in [0, 0.05) is 26.2 Å². The molecule has 0 amide bonds. The molecule has 0 unspecified atom stereocenters. The molecule has 1 atom stereocenters. The highest BCUT2D eigenvalue weighted by atomic mass is 32.2. The number of hydrogen-bond donors (Lipinski definition) is 1. The number of nitrogens with zero attached hydrogens (tertiary/aromatic N) is 1. The molecule has 0 aliphatic carbocycles. The lowest BCUT2D eigenvalue weighted by molar-refractivity contribution is 0.0724. The van der Waals surface area contributed by atoms with Gasteiger partial charge in [-0.1, -0.05) is 0 Å². The molecule has 6 nitrogen and oxygen atoms in total. The van der Waals surface area contributed by atoms with E-state index in [0.717, 1.165) is 13.0 Å². The summed E-state index contributed by atoms with van der Waals surface area (Å²) in [7, 11) is -3.32. The summed E-state index contributed by atoms with van der Waals surface area (Å²) in [5.41, 5.74) is 0. The molecule has 0 radical (unpaired) electrons. The topological polar surface area (TPSA) is 67.9 Å². The molecule has 7 heteroatoms. The van der Waals surface area contributed by atoms with Crippen LogP contribution in [0.3, 0.4) is 0 Å². The summed E-state index contributed by atoms with van der Waals surface area (Å²) in [5, 5.41) is 0. The van der Waals surface area contributed by atoms with Gasteiger partial charge in [0.2, 0.25) is 0 Å². The zero-order valence-corrected chi connectivity index (χ0v) is 10.0. The summed E-state index contributed by atoms with van der Waals surface area (Å²) in [6, 6.07) is 0. The quantitative estimate of drug-likeness (QED) is 0.708. The van der Waals surface area contributed by atoms with Crippen molar-refractivity contribution in [3.05, 3.63) is 0 Å². The lowest BCUT2D eigenvalue weighted by Gasteiger charge is -2.26. The van der Waals surface area contributed by atoms with Crippen LogP contribution in [0.2, 0.25) is 0 Å². The molecule has 2 heterocycles. The SMILES string of the molecule is O=S(=O)(NC[C@@H]1CCOC1)N1CCOCC1. The summed E-state index contributed by atoms with van der Waals surface area (Å²) in [5.74, 6) is 0.316. The predicted molar refractivity (Wildman–Crippen MR) is 58.2 cm³/mol. The standard InChI is InChI=1S/C9H18N2O4S/c12-16(13,11-2-5-14-6-3-11)10-7-9-1-4-15-8-9/h9-10H,1-8H2/t9-/m0/s1. The van der Waals surface area contributed by atoms with E-state index in [-0.39, 0.29) is 0 Å². The zero-order valence-electron chi connectivity index (χ0n) is 9.22. The maximum absolute atomic E-state index is 11.9. The van der Waals surface area contributed by atoms with Crippen molar-refractivity contribution < 1.29 is 17.9 Å². The average Bonchev–Trinajstić information content (AvgIpc) is 2.81. The van der Waals surface area contributed by atoms with E-state index in [1.165, 1.54) is 4.31 Å². The van der Waals surface area contributed by atoms with Crippen molar-refractivity contribution >= 4 is 10.2 Å². The molecule has 2 saturated heterocycles. The Morgan fingerprint density at radius 2 is 1.94 bits per heavy atom. The van der Waals surface area contributed by atoms with Crippen molar-refractivity contribution in [2.45, 2.75) is 6.42 Å². The number of hydrogen-bond acceptors (Lipinski definition) is 4. The van der Waals surface area contributed by atoms with Crippen LogP contribution in [0.5, 0.6) is 0 Å². The lowest BCUT2D eigenvalue weighted by Crippen LogP contribution is -2.47. The van der Waals surface area contributed by atoms with E-state index in [4.69, 9.17) is 9.47 Å². The van der Waals surface area contributed by atoms with Gasteiger partial charge < -0.3 is 9.47 Å². The molecule has 1 N–H and O–H groups in total. The van der Waals surface area contributed by atoms with Crippen LogP contribution in [0.4, 0.5) is 0 Å². The third-order valence-electron chi connectivity index (χ3n) is 2.89. The van der Waals surface area contributed by atoms with Gasteiger partial charge in [0.15, 0.2) is 0 Å². The molecule has 0 aromatic rings. The van der Waals surface area contributed by atoms with Crippen molar-refractivity contribution in [1.82, 2.24) is 9.03 Å². The van der Waals surface area contributed by atoms with Crippen molar-refractivity contribution in [2.24, 2.45) is 5.92 Å². The van der Waals surface area contributed by atoms with E-state index in [0.29, 0.717) is 45.4 Å². The minimum atomic E-state index is -3.32. The number of rotatable bonds is 4. The van der Waals surface area contributed by atoms with Crippen LogP contribution in [-0.2, 0) is 19.7 Å². The largest absolute Gasteiger partial charge is 0.381 e. The Bertz CT molecular complexity index is 307. The summed E-state index contributed by atoms with van der Waals surface area (Å²) < 4.78 is 38.1. The molecular formula is C9H18N2O4S. The second kappa shape index (κ2) is 5.42. The van der Waals surface area contributed by atoms with E-state index >= 15 is 0 Å². The molecule has 94 valence electrons. The van der Waals surface area contributed by atoms with Crippen molar-refractivity contribution in [2.75, 3.05) is 46.1 Å². The molecule has 2 rings (SSSR count). The molecule has 0 bridgehead atoms. The maximum Gasteiger partial charge on any atom is 0.279 e. The third-order valence-corrected chi connectivity index (χ3v) is 4.46. The predicted octanol–water partition coefficient (Wildman–Crippen LogP) is -0.810. The summed E-state index contributed by atoms with van der Waals surface area (Å²) in [6.07, 6.45) is 0.936. The average molecular weight is 250 g/mol. The summed E-state index contributed by atoms with van der Waals surface area (Å²) in [4.78, 5) is 0. The minimum absolute atomic E-state index is 0.316. The smallest absolute Gasteiger partial charge is 0.279 e. The molecule has 16 heavy (non-hydrogen) atoms. The summed E-state index contributed by atoms with van der Waals surface area (Å²) >= 11 is 0. The van der Waals surface area contributed by atoms with Crippen molar-refractivity contribution in [1.29, 1.82) is 0 Å². The van der Waals surface area contributed by atoms with Crippen LogP contribution >= 0.6 is 0 Å². The Morgan fingerprint density at radius 1 is 1.19 bits per heavy atom. The Morgan fingerprint density at radius 3 is 2.56 bits per heavy atom. The van der Waals surface area contributed by atoms with E-state index in [1.54, 1.807) is 0 Å². The molecule has 2 aliphatic heterocycles. The molecule has 0 spiro atoms. The van der Waals surface area contributed by atoms with Crippen LogP contribution in [0.1, 0.15) is 6.42 Å². The van der Waals surface area contributed by atoms with Crippen molar-refractivity contribution in [3.63, 3.8) is 0 Å². The van der Waals surface area contributed by atoms with Crippen LogP contribution in [-0.4, -0.2) is 58.8 Å².